The van der Waals surface area contributed by atoms with Crippen LogP contribution in [0.25, 0.3) is 0 Å². The van der Waals surface area contributed by atoms with E-state index < -0.39 is 36.1 Å². The summed E-state index contributed by atoms with van der Waals surface area (Å²) in [5.41, 5.74) is 0. The Morgan fingerprint density at radius 1 is 0.929 bits per heavy atom. The van der Waals surface area contributed by atoms with Gasteiger partial charge in [-0.25, -0.2) is 8.78 Å². The molecule has 2 saturated carbocycles. The highest BCUT2D eigenvalue weighted by molar-refractivity contribution is 5.74. The summed E-state index contributed by atoms with van der Waals surface area (Å²) in [5.74, 6) is -3.38. The molecule has 2 N–H and O–H groups in total. The van der Waals surface area contributed by atoms with Crippen LogP contribution < -0.4 is 0 Å². The van der Waals surface area contributed by atoms with E-state index in [4.69, 9.17) is 10.2 Å². The molecule has 0 aromatic heterocycles. The SMILES string of the molecule is O=C(O)[C@@H]1CC1F.O=C(O)[C@H]1CC1F. The van der Waals surface area contributed by atoms with Crippen LogP contribution in [0.15, 0.2) is 0 Å². The lowest BCUT2D eigenvalue weighted by Crippen LogP contribution is -1.98. The maximum absolute atomic E-state index is 11.6. The molecule has 0 spiro atoms. The van der Waals surface area contributed by atoms with Crippen LogP contribution in [-0.4, -0.2) is 34.5 Å². The largest absolute Gasteiger partial charge is 0.481 e. The average Bonchev–Trinajstić information content (AvgIpc) is 2.90. The van der Waals surface area contributed by atoms with E-state index in [-0.39, 0.29) is 12.8 Å². The first-order valence-corrected chi connectivity index (χ1v) is 4.17. The smallest absolute Gasteiger partial charge is 0.309 e. The molecule has 0 aliphatic heterocycles. The van der Waals surface area contributed by atoms with Gasteiger partial charge in [-0.2, -0.15) is 0 Å². The number of aliphatic carboxylic acids is 2. The Kier molecular flexibility index (Phi) is 3.03. The zero-order chi connectivity index (χ0) is 10.9. The maximum atomic E-state index is 11.6. The van der Waals surface area contributed by atoms with Gasteiger partial charge in [-0.3, -0.25) is 9.59 Å². The van der Waals surface area contributed by atoms with E-state index >= 15 is 0 Å². The van der Waals surface area contributed by atoms with Crippen molar-refractivity contribution < 1.29 is 28.6 Å². The molecule has 2 unspecified atom stereocenters. The number of hydrogen-bond acceptors (Lipinski definition) is 2. The lowest BCUT2D eigenvalue weighted by molar-refractivity contribution is -0.139. The zero-order valence-electron chi connectivity index (χ0n) is 7.19. The standard InChI is InChI=1S/2C4H5FO2/c2*5-3-1-2(3)4(6)7/h2*2-3H,1H2,(H,6,7)/t2*2-,3?/m10/s1. The van der Waals surface area contributed by atoms with Crippen LogP contribution in [0.3, 0.4) is 0 Å². The highest BCUT2D eigenvalue weighted by atomic mass is 19.1. The van der Waals surface area contributed by atoms with E-state index in [1.54, 1.807) is 0 Å². The van der Waals surface area contributed by atoms with Crippen molar-refractivity contribution in [3.05, 3.63) is 0 Å². The van der Waals surface area contributed by atoms with E-state index in [0.29, 0.717) is 0 Å². The third-order valence-corrected chi connectivity index (χ3v) is 2.06. The van der Waals surface area contributed by atoms with E-state index in [2.05, 4.69) is 0 Å². The summed E-state index contributed by atoms with van der Waals surface area (Å²) < 4.78 is 23.3. The average molecular weight is 208 g/mol. The second kappa shape index (κ2) is 3.89. The lowest BCUT2D eigenvalue weighted by Gasteiger charge is -1.77. The molecule has 0 amide bonds. The minimum atomic E-state index is -1.06. The summed E-state index contributed by atoms with van der Waals surface area (Å²) in [6, 6.07) is 0. The van der Waals surface area contributed by atoms with Crippen molar-refractivity contribution in [1.82, 2.24) is 0 Å². The molecule has 80 valence electrons. The number of carbonyl (C=O) groups is 2. The van der Waals surface area contributed by atoms with Gasteiger partial charge in [-0.15, -0.1) is 0 Å². The second-order valence-corrected chi connectivity index (χ2v) is 3.39. The van der Waals surface area contributed by atoms with Gasteiger partial charge in [-0.05, 0) is 12.8 Å². The van der Waals surface area contributed by atoms with Crippen LogP contribution in [0.2, 0.25) is 0 Å². The Morgan fingerprint density at radius 2 is 1.14 bits per heavy atom. The Morgan fingerprint density at radius 3 is 1.14 bits per heavy atom. The Hall–Kier alpha value is -1.20. The van der Waals surface area contributed by atoms with Gasteiger partial charge in [0.1, 0.15) is 12.3 Å². The van der Waals surface area contributed by atoms with Crippen molar-refractivity contribution in [2.24, 2.45) is 11.8 Å². The van der Waals surface area contributed by atoms with E-state index in [9.17, 15) is 18.4 Å². The van der Waals surface area contributed by atoms with Gasteiger partial charge in [0.15, 0.2) is 0 Å². The summed E-state index contributed by atoms with van der Waals surface area (Å²) in [6.07, 6.45) is -1.68. The Balaban J connectivity index is 0.000000140. The topological polar surface area (TPSA) is 74.6 Å². The minimum absolute atomic E-state index is 0.218. The van der Waals surface area contributed by atoms with Crippen molar-refractivity contribution in [2.75, 3.05) is 0 Å². The Labute approximate surface area is 78.5 Å². The zero-order valence-corrected chi connectivity index (χ0v) is 7.19. The van der Waals surface area contributed by atoms with Crippen molar-refractivity contribution in [3.8, 4) is 0 Å². The third-order valence-electron chi connectivity index (χ3n) is 2.06. The first kappa shape index (κ1) is 10.9. The highest BCUT2D eigenvalue weighted by Crippen LogP contribution is 2.33. The molecular weight excluding hydrogens is 198 g/mol. The predicted molar refractivity (Wildman–Crippen MR) is 41.3 cm³/mol. The summed E-state index contributed by atoms with van der Waals surface area (Å²) in [4.78, 5) is 19.5. The van der Waals surface area contributed by atoms with E-state index in [1.807, 2.05) is 0 Å². The predicted octanol–water partition coefficient (Wildman–Crippen LogP) is 0.858. The van der Waals surface area contributed by atoms with Crippen LogP contribution in [0.5, 0.6) is 0 Å². The lowest BCUT2D eigenvalue weighted by atomic mass is 10.4. The third kappa shape index (κ3) is 2.93. The molecule has 6 heteroatoms. The maximum Gasteiger partial charge on any atom is 0.309 e. The first-order valence-electron chi connectivity index (χ1n) is 4.17. The van der Waals surface area contributed by atoms with Crippen LogP contribution in [0.1, 0.15) is 12.8 Å². The first-order chi connectivity index (χ1) is 6.43. The number of rotatable bonds is 2. The number of halogens is 2. The number of carboxylic acids is 2. The summed E-state index contributed by atoms with van der Waals surface area (Å²) in [7, 11) is 0. The van der Waals surface area contributed by atoms with Crippen molar-refractivity contribution in [1.29, 1.82) is 0 Å². The molecule has 0 heterocycles. The molecule has 0 radical (unpaired) electrons. The van der Waals surface area contributed by atoms with Gasteiger partial charge < -0.3 is 10.2 Å². The van der Waals surface area contributed by atoms with Crippen molar-refractivity contribution >= 4 is 11.9 Å². The van der Waals surface area contributed by atoms with E-state index in [0.717, 1.165) is 0 Å². The quantitative estimate of drug-likeness (QED) is 0.705. The molecule has 0 saturated heterocycles. The normalized spacial score (nSPS) is 37.9. The van der Waals surface area contributed by atoms with Crippen LogP contribution in [-0.2, 0) is 9.59 Å². The fourth-order valence-electron chi connectivity index (χ4n) is 0.839. The van der Waals surface area contributed by atoms with Crippen LogP contribution >= 0.6 is 0 Å². The van der Waals surface area contributed by atoms with Crippen LogP contribution in [0, 0.1) is 11.8 Å². The highest BCUT2D eigenvalue weighted by Gasteiger charge is 2.44. The molecule has 2 fully saturated rings. The second-order valence-electron chi connectivity index (χ2n) is 3.39. The van der Waals surface area contributed by atoms with Gasteiger partial charge in [0, 0.05) is 0 Å². The minimum Gasteiger partial charge on any atom is -0.481 e. The fourth-order valence-corrected chi connectivity index (χ4v) is 0.839. The molecule has 14 heavy (non-hydrogen) atoms. The number of hydrogen-bond donors (Lipinski definition) is 2. The van der Waals surface area contributed by atoms with Gasteiger partial charge in [0.2, 0.25) is 0 Å². The molecule has 2 aliphatic rings. The Bertz CT molecular complexity index is 230. The summed E-state index contributed by atoms with van der Waals surface area (Å²) in [6.45, 7) is 0. The molecule has 4 atom stereocenters. The molecule has 0 aromatic rings. The number of carboxylic acid groups (broad SMARTS) is 2. The van der Waals surface area contributed by atoms with Crippen LogP contribution in [0.4, 0.5) is 8.78 Å². The molecule has 2 rings (SSSR count). The van der Waals surface area contributed by atoms with Gasteiger partial charge in [0.25, 0.3) is 0 Å². The molecule has 4 nitrogen and oxygen atoms in total. The molecule has 2 aliphatic carbocycles. The fraction of sp³-hybridized carbons (Fsp3) is 0.750. The van der Waals surface area contributed by atoms with Crippen molar-refractivity contribution in [2.45, 2.75) is 25.2 Å². The van der Waals surface area contributed by atoms with Crippen molar-refractivity contribution in [3.63, 3.8) is 0 Å². The summed E-state index contributed by atoms with van der Waals surface area (Å²) >= 11 is 0. The van der Waals surface area contributed by atoms with Gasteiger partial charge in [0.05, 0.1) is 11.8 Å². The van der Waals surface area contributed by atoms with Gasteiger partial charge >= 0.3 is 11.9 Å². The monoisotopic (exact) mass is 208 g/mol. The van der Waals surface area contributed by atoms with Gasteiger partial charge in [-0.1, -0.05) is 0 Å². The van der Waals surface area contributed by atoms with E-state index in [1.165, 1.54) is 0 Å². The molecule has 0 aromatic carbocycles. The summed E-state index contributed by atoms with van der Waals surface area (Å²) in [5, 5.41) is 16.0. The number of alkyl halides is 2. The molecular formula is C8H10F2O4. The molecule has 0 bridgehead atoms.